The number of nitrogens with zero attached hydrogens (tertiary/aromatic N) is 1. The lowest BCUT2D eigenvalue weighted by molar-refractivity contribution is 0.0311. The minimum atomic E-state index is -0.260. The summed E-state index contributed by atoms with van der Waals surface area (Å²) in [6.45, 7) is 1.50. The number of carbonyl (C=O) groups is 1. The van der Waals surface area contributed by atoms with Crippen LogP contribution in [0.2, 0.25) is 0 Å². The summed E-state index contributed by atoms with van der Waals surface area (Å²) in [6, 6.07) is 19.5. The van der Waals surface area contributed by atoms with Gasteiger partial charge in [-0.15, -0.1) is 0 Å². The number of amides is 1. The predicted molar refractivity (Wildman–Crippen MR) is 152 cm³/mol. The van der Waals surface area contributed by atoms with E-state index in [1.54, 1.807) is 18.2 Å². The normalized spacial score (nSPS) is 25.5. The molecule has 0 spiro atoms. The van der Waals surface area contributed by atoms with Crippen LogP contribution in [0.3, 0.4) is 0 Å². The Kier molecular flexibility index (Phi) is 6.69. The summed E-state index contributed by atoms with van der Waals surface area (Å²) < 4.78 is 0. The van der Waals surface area contributed by atoms with Gasteiger partial charge in [-0.05, 0) is 79.7 Å². The summed E-state index contributed by atoms with van der Waals surface area (Å²) in [7, 11) is 2.17. The molecule has 4 atom stereocenters. The first-order valence-corrected chi connectivity index (χ1v) is 13.9. The fourth-order valence-electron chi connectivity index (χ4n) is 7.22. The van der Waals surface area contributed by atoms with E-state index in [4.69, 9.17) is 0 Å². The van der Waals surface area contributed by atoms with Crippen molar-refractivity contribution in [3.05, 3.63) is 95.1 Å². The van der Waals surface area contributed by atoms with Crippen LogP contribution in [0.25, 0.3) is 11.1 Å². The number of nitrogens with one attached hydrogen (secondary N) is 1. The second-order valence-electron chi connectivity index (χ2n) is 11.5. The van der Waals surface area contributed by atoms with E-state index in [0.717, 1.165) is 53.6 Å². The Hall–Kier alpha value is -3.61. The van der Waals surface area contributed by atoms with E-state index in [2.05, 4.69) is 41.5 Å². The molecule has 3 aromatic carbocycles. The van der Waals surface area contributed by atoms with Crippen molar-refractivity contribution in [2.24, 2.45) is 11.8 Å². The Bertz CT molecular complexity index is 1400. The fourth-order valence-corrected chi connectivity index (χ4v) is 7.22. The molecule has 0 saturated carbocycles. The van der Waals surface area contributed by atoms with Gasteiger partial charge in [0.05, 0.1) is 5.56 Å². The number of carbonyl (C=O) groups excluding carboxylic acids is 1. The van der Waals surface area contributed by atoms with Crippen molar-refractivity contribution in [3.8, 4) is 22.6 Å². The molecule has 6 rings (SSSR count). The molecule has 2 unspecified atom stereocenters. The molecule has 3 aliphatic rings. The zero-order chi connectivity index (χ0) is 27.1. The minimum Gasteiger partial charge on any atom is -0.508 e. The van der Waals surface area contributed by atoms with Crippen molar-refractivity contribution in [3.63, 3.8) is 0 Å². The molecule has 0 radical (unpaired) electrons. The van der Waals surface area contributed by atoms with Gasteiger partial charge in [0.2, 0.25) is 0 Å². The van der Waals surface area contributed by atoms with E-state index in [-0.39, 0.29) is 41.3 Å². The van der Waals surface area contributed by atoms with Gasteiger partial charge in [0.1, 0.15) is 11.5 Å². The molecule has 3 aromatic rings. The fraction of sp³-hybridized carbons (Fsp3) is 0.364. The highest BCUT2D eigenvalue weighted by atomic mass is 16.3. The number of aliphatic hydroxyl groups is 1. The van der Waals surface area contributed by atoms with Crippen LogP contribution in [0, 0.1) is 11.8 Å². The molecule has 0 aromatic heterocycles. The molecule has 1 fully saturated rings. The lowest BCUT2D eigenvalue weighted by Gasteiger charge is -2.57. The van der Waals surface area contributed by atoms with Gasteiger partial charge in [0.15, 0.2) is 0 Å². The van der Waals surface area contributed by atoms with Crippen LogP contribution in [0.15, 0.2) is 72.8 Å². The van der Waals surface area contributed by atoms with Crippen LogP contribution >= 0.6 is 0 Å². The number of hydrogen-bond donors (Lipinski definition) is 4. The average molecular weight is 525 g/mol. The number of phenolic OH excluding ortho intramolecular Hbond substituents is 2. The highest BCUT2D eigenvalue weighted by Gasteiger charge is 2.54. The second kappa shape index (κ2) is 10.2. The summed E-state index contributed by atoms with van der Waals surface area (Å²) in [5, 5.41) is 34.0. The Balaban J connectivity index is 1.18. The maximum Gasteiger partial charge on any atom is 0.255 e. The van der Waals surface area contributed by atoms with E-state index in [0.29, 0.717) is 24.6 Å². The number of piperidine rings is 1. The standard InChI is InChI=1S/C33H36N2O4/c1-35-17-15-33-19-22(20-36)4-13-28(33)29(35)18-25-9-12-27(31(38)30(25)33)32(39)34-16-14-21-2-5-23(6-3-21)24-7-10-26(37)11-8-24/h2-13,22,28-29,36-38H,14-20H2,1H3,(H,34,39)/t22?,28-,29+,33?/m0/s1. The number of likely N-dealkylation sites (N-methyl/N-ethyl adjacent to an activating group) is 1. The molecule has 2 aliphatic carbocycles. The zero-order valence-electron chi connectivity index (χ0n) is 22.3. The van der Waals surface area contributed by atoms with Crippen LogP contribution in [0.1, 0.15) is 39.9 Å². The first-order valence-electron chi connectivity index (χ1n) is 13.9. The third-order valence-electron chi connectivity index (χ3n) is 9.27. The van der Waals surface area contributed by atoms with Crippen LogP contribution < -0.4 is 5.32 Å². The summed E-state index contributed by atoms with van der Waals surface area (Å²) in [5.74, 6) is 0.428. The third-order valence-corrected chi connectivity index (χ3v) is 9.27. The molecular formula is C33H36N2O4. The Morgan fingerprint density at radius 3 is 2.44 bits per heavy atom. The average Bonchev–Trinajstić information content (AvgIpc) is 2.95. The number of fused-ring (bicyclic) bond motifs is 1. The second-order valence-corrected chi connectivity index (χ2v) is 11.5. The number of hydrogen-bond acceptors (Lipinski definition) is 5. The highest BCUT2D eigenvalue weighted by Crippen LogP contribution is 2.57. The Morgan fingerprint density at radius 1 is 1.00 bits per heavy atom. The number of rotatable bonds is 6. The van der Waals surface area contributed by atoms with Crippen LogP contribution in [-0.4, -0.2) is 58.9 Å². The van der Waals surface area contributed by atoms with E-state index in [1.807, 2.05) is 30.3 Å². The van der Waals surface area contributed by atoms with E-state index >= 15 is 0 Å². The summed E-state index contributed by atoms with van der Waals surface area (Å²) in [4.78, 5) is 15.7. The molecule has 1 heterocycles. The smallest absolute Gasteiger partial charge is 0.255 e. The van der Waals surface area contributed by atoms with Gasteiger partial charge in [-0.2, -0.15) is 0 Å². The molecule has 1 amide bonds. The van der Waals surface area contributed by atoms with Crippen LogP contribution in [0.4, 0.5) is 0 Å². The molecule has 6 heteroatoms. The third kappa shape index (κ3) is 4.52. The first-order chi connectivity index (χ1) is 18.9. The van der Waals surface area contributed by atoms with Gasteiger partial charge >= 0.3 is 0 Å². The number of aliphatic hydroxyl groups excluding tert-OH is 1. The monoisotopic (exact) mass is 524 g/mol. The lowest BCUT2D eigenvalue weighted by atomic mass is 9.52. The Morgan fingerprint density at radius 2 is 1.72 bits per heavy atom. The van der Waals surface area contributed by atoms with Gasteiger partial charge in [-0.3, -0.25) is 4.79 Å². The van der Waals surface area contributed by atoms with Crippen molar-refractivity contribution in [2.75, 3.05) is 26.7 Å². The number of aromatic hydroxyl groups is 2. The number of phenols is 2. The van der Waals surface area contributed by atoms with Gasteiger partial charge in [-0.25, -0.2) is 0 Å². The summed E-state index contributed by atoms with van der Waals surface area (Å²) in [6.07, 6.45) is 7.62. The van der Waals surface area contributed by atoms with E-state index in [9.17, 15) is 20.1 Å². The number of likely N-dealkylation sites (tertiary alicyclic amines) is 1. The highest BCUT2D eigenvalue weighted by molar-refractivity contribution is 5.97. The number of benzene rings is 3. The van der Waals surface area contributed by atoms with Gasteiger partial charge in [0.25, 0.3) is 5.91 Å². The van der Waals surface area contributed by atoms with Crippen LogP contribution in [-0.2, 0) is 18.3 Å². The van der Waals surface area contributed by atoms with Gasteiger partial charge in [-0.1, -0.05) is 54.6 Å². The molecule has 39 heavy (non-hydrogen) atoms. The Labute approximate surface area is 229 Å². The van der Waals surface area contributed by atoms with E-state index in [1.165, 1.54) is 0 Å². The minimum absolute atomic E-state index is 0.0635. The molecule has 6 nitrogen and oxygen atoms in total. The maximum absolute atomic E-state index is 13.3. The molecule has 1 saturated heterocycles. The first kappa shape index (κ1) is 25.7. The van der Waals surface area contributed by atoms with Crippen molar-refractivity contribution >= 4 is 5.91 Å². The maximum atomic E-state index is 13.3. The predicted octanol–water partition coefficient (Wildman–Crippen LogP) is 4.42. The topological polar surface area (TPSA) is 93.0 Å². The van der Waals surface area contributed by atoms with Crippen molar-refractivity contribution in [1.82, 2.24) is 10.2 Å². The van der Waals surface area contributed by atoms with Crippen LogP contribution in [0.5, 0.6) is 11.5 Å². The quantitative estimate of drug-likeness (QED) is 0.358. The van der Waals surface area contributed by atoms with Gasteiger partial charge < -0.3 is 25.5 Å². The lowest BCUT2D eigenvalue weighted by Crippen LogP contribution is -2.59. The largest absolute Gasteiger partial charge is 0.508 e. The zero-order valence-corrected chi connectivity index (χ0v) is 22.3. The van der Waals surface area contributed by atoms with Gasteiger partial charge in [0, 0.05) is 42.0 Å². The van der Waals surface area contributed by atoms with Crippen molar-refractivity contribution in [2.45, 2.75) is 37.1 Å². The van der Waals surface area contributed by atoms with Crippen molar-refractivity contribution < 1.29 is 20.1 Å². The summed E-state index contributed by atoms with van der Waals surface area (Å²) in [5.41, 5.74) is 5.33. The molecule has 2 bridgehead atoms. The molecule has 4 N–H and O–H groups in total. The molecular weight excluding hydrogens is 488 g/mol. The molecule has 202 valence electrons. The SMILES string of the molecule is CN1CCC23CC(CO)C=C[C@H]2[C@H]1Cc1ccc(C(=O)NCCc2ccc(-c4ccc(O)cc4)cc2)c(O)c13. The molecule has 1 aliphatic heterocycles. The van der Waals surface area contributed by atoms with E-state index < -0.39 is 0 Å². The summed E-state index contributed by atoms with van der Waals surface area (Å²) >= 11 is 0. The van der Waals surface area contributed by atoms with Crippen molar-refractivity contribution in [1.29, 1.82) is 0 Å².